The zero-order valence-electron chi connectivity index (χ0n) is 16.1. The highest BCUT2D eigenvalue weighted by atomic mass is 16.2. The first-order chi connectivity index (χ1) is 13.6. The highest BCUT2D eigenvalue weighted by Gasteiger charge is 2.30. The Bertz CT molecular complexity index is 941. The molecule has 1 fully saturated rings. The molecule has 7 heteroatoms. The molecule has 0 bridgehead atoms. The van der Waals surface area contributed by atoms with Crippen molar-refractivity contribution in [3.8, 4) is 5.82 Å². The maximum Gasteiger partial charge on any atom is 0.219 e. The number of hydrogen-bond acceptors (Lipinski definition) is 5. The summed E-state index contributed by atoms with van der Waals surface area (Å²) in [4.78, 5) is 27.6. The van der Waals surface area contributed by atoms with E-state index in [2.05, 4.69) is 17.2 Å². The predicted octanol–water partition coefficient (Wildman–Crippen LogP) is 3.52. The average Bonchev–Trinajstić information content (AvgIpc) is 3.23. The van der Waals surface area contributed by atoms with Crippen LogP contribution >= 0.6 is 0 Å². The van der Waals surface area contributed by atoms with E-state index in [0.717, 1.165) is 36.0 Å². The van der Waals surface area contributed by atoms with E-state index in [1.165, 1.54) is 0 Å². The number of hydrogen-bond donors (Lipinski definition) is 1. The third-order valence-electron chi connectivity index (χ3n) is 5.20. The van der Waals surface area contributed by atoms with Gasteiger partial charge in [0, 0.05) is 49.6 Å². The Hall–Kier alpha value is -3.22. The molecule has 1 N–H and O–H groups in total. The number of amides is 1. The van der Waals surface area contributed by atoms with Gasteiger partial charge in [-0.15, -0.1) is 0 Å². The van der Waals surface area contributed by atoms with Crippen LogP contribution in [0.4, 0.5) is 11.5 Å². The quantitative estimate of drug-likeness (QED) is 0.754. The summed E-state index contributed by atoms with van der Waals surface area (Å²) < 4.78 is 1.87. The Labute approximate surface area is 164 Å². The molecule has 2 atom stereocenters. The minimum atomic E-state index is 0.102. The summed E-state index contributed by atoms with van der Waals surface area (Å²) in [6.07, 6.45) is 7.23. The third kappa shape index (κ3) is 3.88. The molecule has 2 aromatic heterocycles. The predicted molar refractivity (Wildman–Crippen MR) is 108 cm³/mol. The van der Waals surface area contributed by atoms with Crippen LogP contribution in [0.3, 0.4) is 0 Å². The fraction of sp³-hybridized carbons (Fsp3) is 0.333. The number of nitrogens with zero attached hydrogens (tertiary/aromatic N) is 5. The number of carbonyl (C=O) groups excluding carboxylic acids is 1. The third-order valence-corrected chi connectivity index (χ3v) is 5.20. The summed E-state index contributed by atoms with van der Waals surface area (Å²) in [5, 5.41) is 3.36. The lowest BCUT2D eigenvalue weighted by atomic mass is 9.92. The van der Waals surface area contributed by atoms with Crippen LogP contribution in [0.1, 0.15) is 38.4 Å². The first kappa shape index (κ1) is 18.2. The summed E-state index contributed by atoms with van der Waals surface area (Å²) in [6.45, 7) is 4.38. The van der Waals surface area contributed by atoms with Crippen molar-refractivity contribution in [2.24, 2.45) is 0 Å². The maximum atomic E-state index is 12.0. The lowest BCUT2D eigenvalue weighted by Gasteiger charge is -2.37. The van der Waals surface area contributed by atoms with Crippen molar-refractivity contribution in [2.75, 3.05) is 11.9 Å². The Morgan fingerprint density at radius 1 is 1.18 bits per heavy atom. The number of piperidine rings is 1. The van der Waals surface area contributed by atoms with Crippen molar-refractivity contribution in [3.63, 3.8) is 0 Å². The molecule has 0 saturated carbocycles. The van der Waals surface area contributed by atoms with E-state index in [0.29, 0.717) is 6.54 Å². The number of likely N-dealkylation sites (tertiary alicyclic amines) is 1. The van der Waals surface area contributed by atoms with Gasteiger partial charge in [-0.1, -0.05) is 18.2 Å². The molecule has 1 aromatic carbocycles. The standard InChI is InChI=1S/C21H24N6O/c1-15-8-9-17(13-27(15)16(2)28)21-24-19(23-18-6-4-3-5-7-18)12-20(25-21)26-11-10-22-14-26/h3-7,10-12,14-15,17H,8-9,13H2,1-2H3,(H,23,24,25)/t15-,17+/m0/s1. The van der Waals surface area contributed by atoms with Gasteiger partial charge in [0.1, 0.15) is 23.8 Å². The zero-order chi connectivity index (χ0) is 19.5. The normalized spacial score (nSPS) is 19.4. The molecule has 144 valence electrons. The van der Waals surface area contributed by atoms with Gasteiger partial charge in [-0.25, -0.2) is 15.0 Å². The summed E-state index contributed by atoms with van der Waals surface area (Å²) in [7, 11) is 0. The lowest BCUT2D eigenvalue weighted by molar-refractivity contribution is -0.132. The fourth-order valence-electron chi connectivity index (χ4n) is 3.65. The van der Waals surface area contributed by atoms with Gasteiger partial charge in [0.25, 0.3) is 0 Å². The molecule has 4 rings (SSSR count). The molecule has 0 unspecified atom stereocenters. The van der Waals surface area contributed by atoms with Crippen molar-refractivity contribution in [1.29, 1.82) is 0 Å². The second-order valence-electron chi connectivity index (χ2n) is 7.23. The summed E-state index contributed by atoms with van der Waals surface area (Å²) in [5.41, 5.74) is 0.964. The second kappa shape index (κ2) is 7.80. The molecule has 28 heavy (non-hydrogen) atoms. The van der Waals surface area contributed by atoms with Gasteiger partial charge in [-0.2, -0.15) is 0 Å². The Balaban J connectivity index is 1.69. The van der Waals surface area contributed by atoms with Gasteiger partial charge in [-0.05, 0) is 31.9 Å². The second-order valence-corrected chi connectivity index (χ2v) is 7.23. The van der Waals surface area contributed by atoms with Gasteiger partial charge in [0.2, 0.25) is 5.91 Å². The summed E-state index contributed by atoms with van der Waals surface area (Å²) in [6, 6.07) is 12.1. The van der Waals surface area contributed by atoms with E-state index >= 15 is 0 Å². The van der Waals surface area contributed by atoms with Crippen molar-refractivity contribution in [2.45, 2.75) is 38.6 Å². The van der Waals surface area contributed by atoms with Crippen LogP contribution in [0.15, 0.2) is 55.1 Å². The lowest BCUT2D eigenvalue weighted by Crippen LogP contribution is -2.44. The van der Waals surface area contributed by atoms with Crippen LogP contribution in [0.5, 0.6) is 0 Å². The van der Waals surface area contributed by atoms with Crippen molar-refractivity contribution in [3.05, 3.63) is 60.9 Å². The molecule has 1 aliphatic rings. The maximum absolute atomic E-state index is 12.0. The summed E-state index contributed by atoms with van der Waals surface area (Å²) in [5.74, 6) is 2.45. The van der Waals surface area contributed by atoms with Gasteiger partial charge in [0.05, 0.1) is 0 Å². The smallest absolute Gasteiger partial charge is 0.219 e. The first-order valence-electron chi connectivity index (χ1n) is 9.57. The number of rotatable bonds is 4. The van der Waals surface area contributed by atoms with Crippen LogP contribution in [-0.2, 0) is 4.79 Å². The van der Waals surface area contributed by atoms with E-state index in [1.807, 2.05) is 52.1 Å². The Kier molecular flexibility index (Phi) is 5.06. The minimum absolute atomic E-state index is 0.102. The number of carbonyl (C=O) groups is 1. The topological polar surface area (TPSA) is 75.9 Å². The van der Waals surface area contributed by atoms with Crippen LogP contribution in [-0.4, -0.2) is 42.9 Å². The molecule has 1 aliphatic heterocycles. The zero-order valence-corrected chi connectivity index (χ0v) is 16.1. The Morgan fingerprint density at radius 2 is 2.00 bits per heavy atom. The molecule has 3 aromatic rings. The molecular formula is C21H24N6O. The van der Waals surface area contributed by atoms with E-state index in [4.69, 9.17) is 9.97 Å². The van der Waals surface area contributed by atoms with Crippen molar-refractivity contribution in [1.82, 2.24) is 24.4 Å². The number of para-hydroxylation sites is 1. The van der Waals surface area contributed by atoms with E-state index < -0.39 is 0 Å². The molecule has 1 saturated heterocycles. The molecule has 3 heterocycles. The van der Waals surface area contributed by atoms with Gasteiger partial charge < -0.3 is 10.2 Å². The van der Waals surface area contributed by atoms with Gasteiger partial charge in [0.15, 0.2) is 0 Å². The number of benzene rings is 1. The van der Waals surface area contributed by atoms with Crippen LogP contribution in [0.2, 0.25) is 0 Å². The van der Waals surface area contributed by atoms with E-state index in [1.54, 1.807) is 19.4 Å². The first-order valence-corrected chi connectivity index (χ1v) is 9.57. The summed E-state index contributed by atoms with van der Waals surface area (Å²) >= 11 is 0. The highest BCUT2D eigenvalue weighted by Crippen LogP contribution is 2.30. The fourth-order valence-corrected chi connectivity index (χ4v) is 3.65. The minimum Gasteiger partial charge on any atom is -0.340 e. The average molecular weight is 376 g/mol. The van der Waals surface area contributed by atoms with E-state index in [-0.39, 0.29) is 17.9 Å². The molecule has 7 nitrogen and oxygen atoms in total. The Morgan fingerprint density at radius 3 is 2.71 bits per heavy atom. The van der Waals surface area contributed by atoms with Gasteiger partial charge in [-0.3, -0.25) is 9.36 Å². The SMILES string of the molecule is CC(=O)N1C[C@H](c2nc(Nc3ccccc3)cc(-n3ccnc3)n2)CC[C@@H]1C. The number of anilines is 2. The molecule has 0 spiro atoms. The highest BCUT2D eigenvalue weighted by molar-refractivity contribution is 5.73. The van der Waals surface area contributed by atoms with Crippen LogP contribution < -0.4 is 5.32 Å². The monoisotopic (exact) mass is 376 g/mol. The van der Waals surface area contributed by atoms with E-state index in [9.17, 15) is 4.79 Å². The molecular weight excluding hydrogens is 352 g/mol. The van der Waals surface area contributed by atoms with Crippen LogP contribution in [0, 0.1) is 0 Å². The molecule has 1 amide bonds. The largest absolute Gasteiger partial charge is 0.340 e. The number of aromatic nitrogens is 4. The van der Waals surface area contributed by atoms with Crippen molar-refractivity contribution >= 4 is 17.4 Å². The molecule has 0 radical (unpaired) electrons. The van der Waals surface area contributed by atoms with Crippen molar-refractivity contribution < 1.29 is 4.79 Å². The van der Waals surface area contributed by atoms with Crippen LogP contribution in [0.25, 0.3) is 5.82 Å². The van der Waals surface area contributed by atoms with Gasteiger partial charge >= 0.3 is 0 Å². The molecule has 0 aliphatic carbocycles. The number of imidazole rings is 1. The number of nitrogens with one attached hydrogen (secondary N) is 1.